The van der Waals surface area contributed by atoms with Crippen LogP contribution in [0.3, 0.4) is 0 Å². The van der Waals surface area contributed by atoms with Gasteiger partial charge in [-0.2, -0.15) is 5.10 Å². The molecule has 164 valence electrons. The summed E-state index contributed by atoms with van der Waals surface area (Å²) in [4.78, 5) is 28.4. The van der Waals surface area contributed by atoms with Crippen LogP contribution >= 0.6 is 0 Å². The Bertz CT molecular complexity index is 957. The van der Waals surface area contributed by atoms with Gasteiger partial charge < -0.3 is 18.9 Å². The van der Waals surface area contributed by atoms with Crippen molar-refractivity contribution >= 4 is 5.91 Å². The molecule has 1 aliphatic rings. The Balaban J connectivity index is 1.92. The SMILES string of the molecule is COCCN(Cc1c(C)nn(C)c1C)C(=O)c1c(C)ccn(CC2CCCO2)c1=O. The molecule has 1 aliphatic heterocycles. The number of carbonyl (C=O) groups excluding carboxylic acids is 1. The quantitative estimate of drug-likeness (QED) is 0.658. The van der Waals surface area contributed by atoms with Gasteiger partial charge in [-0.25, -0.2) is 0 Å². The lowest BCUT2D eigenvalue weighted by Crippen LogP contribution is -2.39. The lowest BCUT2D eigenvalue weighted by molar-refractivity contribution is 0.0674. The largest absolute Gasteiger partial charge is 0.383 e. The Morgan fingerprint density at radius 1 is 1.37 bits per heavy atom. The van der Waals surface area contributed by atoms with Gasteiger partial charge in [0.05, 0.1) is 24.9 Å². The first-order chi connectivity index (χ1) is 14.3. The summed E-state index contributed by atoms with van der Waals surface area (Å²) in [5.41, 5.74) is 3.50. The van der Waals surface area contributed by atoms with Gasteiger partial charge in [-0.1, -0.05) is 0 Å². The number of methoxy groups -OCH3 is 1. The van der Waals surface area contributed by atoms with Crippen molar-refractivity contribution in [2.75, 3.05) is 26.9 Å². The molecule has 0 spiro atoms. The number of nitrogens with zero attached hydrogens (tertiary/aromatic N) is 4. The van der Waals surface area contributed by atoms with Gasteiger partial charge in [-0.05, 0) is 45.2 Å². The molecule has 0 aliphatic carbocycles. The van der Waals surface area contributed by atoms with E-state index in [1.807, 2.05) is 31.6 Å². The van der Waals surface area contributed by atoms with Crippen molar-refractivity contribution in [3.63, 3.8) is 0 Å². The molecule has 0 saturated carbocycles. The molecule has 0 aromatic carbocycles. The molecule has 1 amide bonds. The molecule has 3 rings (SSSR count). The van der Waals surface area contributed by atoms with Gasteiger partial charge in [-0.15, -0.1) is 0 Å². The first-order valence-corrected chi connectivity index (χ1v) is 10.4. The average Bonchev–Trinajstić information content (AvgIpc) is 3.30. The van der Waals surface area contributed by atoms with Crippen LogP contribution in [-0.2, 0) is 29.6 Å². The van der Waals surface area contributed by atoms with Gasteiger partial charge in [-0.3, -0.25) is 14.3 Å². The first kappa shape index (κ1) is 22.2. The Morgan fingerprint density at radius 2 is 2.13 bits per heavy atom. The maximum absolute atomic E-state index is 13.5. The molecule has 30 heavy (non-hydrogen) atoms. The van der Waals surface area contributed by atoms with E-state index in [-0.39, 0.29) is 23.1 Å². The highest BCUT2D eigenvalue weighted by Crippen LogP contribution is 2.18. The summed E-state index contributed by atoms with van der Waals surface area (Å²) in [5.74, 6) is -0.279. The summed E-state index contributed by atoms with van der Waals surface area (Å²) in [6.07, 6.45) is 3.72. The summed E-state index contributed by atoms with van der Waals surface area (Å²) in [6, 6.07) is 1.83. The molecule has 1 atom stereocenters. The summed E-state index contributed by atoms with van der Waals surface area (Å²) >= 11 is 0. The molecule has 3 heterocycles. The highest BCUT2D eigenvalue weighted by atomic mass is 16.5. The molecule has 1 saturated heterocycles. The number of hydrogen-bond acceptors (Lipinski definition) is 5. The Kier molecular flexibility index (Phi) is 7.10. The lowest BCUT2D eigenvalue weighted by Gasteiger charge is -2.24. The number of carbonyl (C=O) groups is 1. The van der Waals surface area contributed by atoms with Crippen LogP contribution in [0, 0.1) is 20.8 Å². The van der Waals surface area contributed by atoms with Crippen LogP contribution in [0.4, 0.5) is 0 Å². The molecule has 2 aromatic rings. The number of amides is 1. The molecule has 8 heteroatoms. The summed E-state index contributed by atoms with van der Waals surface area (Å²) in [5, 5.41) is 4.45. The number of hydrogen-bond donors (Lipinski definition) is 0. The van der Waals surface area contributed by atoms with Crippen LogP contribution < -0.4 is 5.56 Å². The van der Waals surface area contributed by atoms with Gasteiger partial charge in [0.25, 0.3) is 11.5 Å². The van der Waals surface area contributed by atoms with Gasteiger partial charge >= 0.3 is 0 Å². The normalized spacial score (nSPS) is 16.2. The van der Waals surface area contributed by atoms with Crippen molar-refractivity contribution in [3.05, 3.63) is 50.7 Å². The van der Waals surface area contributed by atoms with Crippen LogP contribution in [0.5, 0.6) is 0 Å². The third-order valence-electron chi connectivity index (χ3n) is 5.87. The summed E-state index contributed by atoms with van der Waals surface area (Å²) in [6.45, 7) is 8.08. The Morgan fingerprint density at radius 3 is 2.73 bits per heavy atom. The van der Waals surface area contributed by atoms with E-state index in [4.69, 9.17) is 9.47 Å². The van der Waals surface area contributed by atoms with E-state index in [0.717, 1.165) is 36.4 Å². The van der Waals surface area contributed by atoms with Gasteiger partial charge in [0.2, 0.25) is 0 Å². The second kappa shape index (κ2) is 9.57. The van der Waals surface area contributed by atoms with Crippen LogP contribution in [-0.4, -0.2) is 58.1 Å². The highest BCUT2D eigenvalue weighted by molar-refractivity contribution is 5.95. The first-order valence-electron chi connectivity index (χ1n) is 10.4. The van der Waals surface area contributed by atoms with Crippen LogP contribution in [0.2, 0.25) is 0 Å². The van der Waals surface area contributed by atoms with Crippen LogP contribution in [0.15, 0.2) is 17.1 Å². The van der Waals surface area contributed by atoms with E-state index in [2.05, 4.69) is 5.10 Å². The third kappa shape index (κ3) is 4.65. The minimum absolute atomic E-state index is 0.0265. The Hall–Kier alpha value is -2.45. The molecule has 8 nitrogen and oxygen atoms in total. The summed E-state index contributed by atoms with van der Waals surface area (Å²) < 4.78 is 14.3. The molecular formula is C22H32N4O4. The van der Waals surface area contributed by atoms with Gasteiger partial charge in [0.1, 0.15) is 5.56 Å². The zero-order valence-electron chi connectivity index (χ0n) is 18.6. The lowest BCUT2D eigenvalue weighted by atomic mass is 10.1. The van der Waals surface area contributed by atoms with E-state index in [1.165, 1.54) is 0 Å². The van der Waals surface area contributed by atoms with Crippen molar-refractivity contribution in [2.45, 2.75) is 52.8 Å². The monoisotopic (exact) mass is 416 g/mol. The average molecular weight is 417 g/mol. The van der Waals surface area contributed by atoms with E-state index in [0.29, 0.717) is 31.8 Å². The zero-order valence-corrected chi connectivity index (χ0v) is 18.6. The maximum Gasteiger partial charge on any atom is 0.263 e. The zero-order chi connectivity index (χ0) is 21.8. The van der Waals surface area contributed by atoms with E-state index < -0.39 is 0 Å². The molecule has 1 unspecified atom stereocenters. The number of aryl methyl sites for hydroxylation is 3. The summed E-state index contributed by atoms with van der Waals surface area (Å²) in [7, 11) is 3.49. The topological polar surface area (TPSA) is 78.6 Å². The number of rotatable bonds is 8. The van der Waals surface area contributed by atoms with Crippen LogP contribution in [0.1, 0.15) is 45.7 Å². The van der Waals surface area contributed by atoms with Crippen molar-refractivity contribution in [3.8, 4) is 0 Å². The third-order valence-corrected chi connectivity index (χ3v) is 5.87. The molecule has 0 radical (unpaired) electrons. The molecular weight excluding hydrogens is 384 g/mol. The van der Waals surface area contributed by atoms with Gasteiger partial charge in [0, 0.05) is 51.3 Å². The fourth-order valence-electron chi connectivity index (χ4n) is 3.93. The molecule has 0 N–H and O–H groups in total. The number of pyridine rings is 1. The van der Waals surface area contributed by atoms with E-state index >= 15 is 0 Å². The van der Waals surface area contributed by atoms with Crippen molar-refractivity contribution in [1.82, 2.24) is 19.2 Å². The fraction of sp³-hybridized carbons (Fsp3) is 0.591. The number of ether oxygens (including phenoxy) is 2. The minimum atomic E-state index is -0.279. The van der Waals surface area contributed by atoms with E-state index in [9.17, 15) is 9.59 Å². The highest BCUT2D eigenvalue weighted by Gasteiger charge is 2.25. The smallest absolute Gasteiger partial charge is 0.263 e. The standard InChI is InChI=1S/C22H32N4O4/c1-15-8-9-25(13-18-7-6-11-30-18)21(27)20(15)22(28)26(10-12-29-5)14-19-16(2)23-24(4)17(19)3/h8-9,18H,6-7,10-14H2,1-5H3. The Labute approximate surface area is 177 Å². The molecule has 1 fully saturated rings. The second-order valence-corrected chi connectivity index (χ2v) is 7.96. The maximum atomic E-state index is 13.5. The fourth-order valence-corrected chi connectivity index (χ4v) is 3.93. The molecule has 2 aromatic heterocycles. The van der Waals surface area contributed by atoms with Gasteiger partial charge in [0.15, 0.2) is 0 Å². The second-order valence-electron chi connectivity index (χ2n) is 7.96. The number of aromatic nitrogens is 3. The predicted molar refractivity (Wildman–Crippen MR) is 114 cm³/mol. The van der Waals surface area contributed by atoms with Crippen LogP contribution in [0.25, 0.3) is 0 Å². The predicted octanol–water partition coefficient (Wildman–Crippen LogP) is 1.97. The minimum Gasteiger partial charge on any atom is -0.383 e. The molecule has 0 bridgehead atoms. The van der Waals surface area contributed by atoms with Crippen molar-refractivity contribution in [1.29, 1.82) is 0 Å². The van der Waals surface area contributed by atoms with Crippen molar-refractivity contribution < 1.29 is 14.3 Å². The van der Waals surface area contributed by atoms with E-state index in [1.54, 1.807) is 29.7 Å². The van der Waals surface area contributed by atoms with Crippen molar-refractivity contribution in [2.24, 2.45) is 7.05 Å².